The first-order valence-corrected chi connectivity index (χ1v) is 6.01. The van der Waals surface area contributed by atoms with Crippen molar-refractivity contribution < 1.29 is 0 Å². The Morgan fingerprint density at radius 1 is 1.47 bits per heavy atom. The second kappa shape index (κ2) is 3.97. The molecule has 0 heterocycles. The summed E-state index contributed by atoms with van der Waals surface area (Å²) < 4.78 is 0. The van der Waals surface area contributed by atoms with Gasteiger partial charge in [0.2, 0.25) is 0 Å². The first kappa shape index (κ1) is 11.3. The highest BCUT2D eigenvalue weighted by Crippen LogP contribution is 2.50. The van der Waals surface area contributed by atoms with Crippen LogP contribution < -0.4 is 5.73 Å². The third kappa shape index (κ3) is 1.67. The molecule has 1 aromatic carbocycles. The first-order valence-electron chi connectivity index (χ1n) is 5.26. The molecule has 0 bridgehead atoms. The molecule has 1 fully saturated rings. The number of benzene rings is 1. The van der Waals surface area contributed by atoms with Gasteiger partial charge in [-0.3, -0.25) is 0 Å². The Balaban J connectivity index is 2.44. The topological polar surface area (TPSA) is 26.0 Å². The summed E-state index contributed by atoms with van der Waals surface area (Å²) in [6.45, 7) is 2.90. The number of hydrogen-bond donors (Lipinski definition) is 1. The molecule has 1 aliphatic rings. The molecule has 1 aliphatic carbocycles. The van der Waals surface area contributed by atoms with Gasteiger partial charge >= 0.3 is 0 Å². The summed E-state index contributed by atoms with van der Waals surface area (Å²) in [5.74, 6) is 0.612. The van der Waals surface area contributed by atoms with E-state index in [1.165, 1.54) is 6.42 Å². The van der Waals surface area contributed by atoms with E-state index in [1.54, 1.807) is 6.07 Å². The van der Waals surface area contributed by atoms with E-state index in [-0.39, 0.29) is 5.41 Å². The molecular weight excluding hydrogens is 229 g/mol. The summed E-state index contributed by atoms with van der Waals surface area (Å²) in [7, 11) is 0. The fourth-order valence-corrected chi connectivity index (χ4v) is 3.08. The van der Waals surface area contributed by atoms with Gasteiger partial charge in [-0.05, 0) is 36.5 Å². The molecule has 0 saturated heterocycles. The second-order valence-electron chi connectivity index (χ2n) is 4.42. The van der Waals surface area contributed by atoms with E-state index in [4.69, 9.17) is 28.9 Å². The summed E-state index contributed by atoms with van der Waals surface area (Å²) in [6, 6.07) is 5.72. The van der Waals surface area contributed by atoms with E-state index < -0.39 is 0 Å². The molecule has 0 radical (unpaired) electrons. The molecule has 2 atom stereocenters. The van der Waals surface area contributed by atoms with Gasteiger partial charge in [-0.15, -0.1) is 0 Å². The van der Waals surface area contributed by atoms with Crippen molar-refractivity contribution in [1.29, 1.82) is 0 Å². The van der Waals surface area contributed by atoms with Crippen LogP contribution in [-0.2, 0) is 5.41 Å². The predicted octanol–water partition coefficient (Wildman–Crippen LogP) is 3.62. The zero-order valence-electron chi connectivity index (χ0n) is 8.76. The Labute approximate surface area is 101 Å². The molecule has 2 rings (SSSR count). The van der Waals surface area contributed by atoms with Crippen molar-refractivity contribution in [2.45, 2.75) is 25.2 Å². The monoisotopic (exact) mass is 243 g/mol. The van der Waals surface area contributed by atoms with Crippen molar-refractivity contribution in [2.75, 3.05) is 6.54 Å². The van der Waals surface area contributed by atoms with Crippen LogP contribution >= 0.6 is 23.2 Å². The fourth-order valence-electron chi connectivity index (χ4n) is 2.49. The maximum atomic E-state index is 6.23. The minimum absolute atomic E-state index is 0.0850. The van der Waals surface area contributed by atoms with Gasteiger partial charge in [0.25, 0.3) is 0 Å². The predicted molar refractivity (Wildman–Crippen MR) is 65.6 cm³/mol. The van der Waals surface area contributed by atoms with Crippen molar-refractivity contribution in [2.24, 2.45) is 11.7 Å². The maximum Gasteiger partial charge on any atom is 0.0459 e. The van der Waals surface area contributed by atoms with Crippen LogP contribution in [0.1, 0.15) is 25.3 Å². The quantitative estimate of drug-likeness (QED) is 0.844. The highest BCUT2D eigenvalue weighted by Gasteiger charge is 2.45. The summed E-state index contributed by atoms with van der Waals surface area (Å²) >= 11 is 12.1. The standard InChI is InChI=1S/C12H15Cl2N/c1-8-4-5-12(8,7-15)10-3-2-9(13)6-11(10)14/h2-3,6,8H,4-5,7,15H2,1H3. The Hall–Kier alpha value is -0.240. The average Bonchev–Trinajstić information content (AvgIpc) is 2.20. The SMILES string of the molecule is CC1CCC1(CN)c1ccc(Cl)cc1Cl. The smallest absolute Gasteiger partial charge is 0.0459 e. The Kier molecular flexibility index (Phi) is 2.98. The highest BCUT2D eigenvalue weighted by atomic mass is 35.5. The molecule has 3 heteroatoms. The summed E-state index contributed by atoms with van der Waals surface area (Å²) in [5, 5.41) is 1.43. The van der Waals surface area contributed by atoms with E-state index in [1.807, 2.05) is 12.1 Å². The van der Waals surface area contributed by atoms with Gasteiger partial charge in [0.1, 0.15) is 0 Å². The molecule has 15 heavy (non-hydrogen) atoms. The van der Waals surface area contributed by atoms with Crippen molar-refractivity contribution >= 4 is 23.2 Å². The molecule has 0 spiro atoms. The molecule has 0 amide bonds. The van der Waals surface area contributed by atoms with E-state index in [2.05, 4.69) is 6.92 Å². The lowest BCUT2D eigenvalue weighted by atomic mass is 9.57. The Morgan fingerprint density at radius 3 is 2.60 bits per heavy atom. The molecule has 1 saturated carbocycles. The number of rotatable bonds is 2. The van der Waals surface area contributed by atoms with Gasteiger partial charge in [-0.1, -0.05) is 36.2 Å². The van der Waals surface area contributed by atoms with Crippen LogP contribution in [0, 0.1) is 5.92 Å². The van der Waals surface area contributed by atoms with E-state index in [0.717, 1.165) is 17.0 Å². The molecule has 1 nitrogen and oxygen atoms in total. The van der Waals surface area contributed by atoms with Crippen molar-refractivity contribution in [3.63, 3.8) is 0 Å². The van der Waals surface area contributed by atoms with Gasteiger partial charge in [-0.25, -0.2) is 0 Å². The van der Waals surface area contributed by atoms with Crippen LogP contribution in [0.3, 0.4) is 0 Å². The molecule has 0 aromatic heterocycles. The third-order valence-corrected chi connectivity index (χ3v) is 4.35. The summed E-state index contributed by atoms with van der Waals surface area (Å²) in [4.78, 5) is 0. The lowest BCUT2D eigenvalue weighted by molar-refractivity contribution is 0.146. The number of nitrogens with two attached hydrogens (primary N) is 1. The van der Waals surface area contributed by atoms with Crippen LogP contribution in [0.2, 0.25) is 10.0 Å². The Morgan fingerprint density at radius 2 is 2.20 bits per heavy atom. The molecule has 2 unspecified atom stereocenters. The largest absolute Gasteiger partial charge is 0.330 e. The zero-order chi connectivity index (χ0) is 11.1. The second-order valence-corrected chi connectivity index (χ2v) is 5.27. The lowest BCUT2D eigenvalue weighted by Crippen LogP contribution is -2.48. The van der Waals surface area contributed by atoms with E-state index >= 15 is 0 Å². The van der Waals surface area contributed by atoms with Gasteiger partial charge in [0.15, 0.2) is 0 Å². The average molecular weight is 244 g/mol. The summed E-state index contributed by atoms with van der Waals surface area (Å²) in [6.07, 6.45) is 2.36. The molecular formula is C12H15Cl2N. The van der Waals surface area contributed by atoms with Crippen LogP contribution in [0.25, 0.3) is 0 Å². The van der Waals surface area contributed by atoms with E-state index in [0.29, 0.717) is 17.5 Å². The molecule has 82 valence electrons. The lowest BCUT2D eigenvalue weighted by Gasteiger charge is -2.48. The first-order chi connectivity index (χ1) is 7.10. The van der Waals surface area contributed by atoms with Crippen LogP contribution in [0.4, 0.5) is 0 Å². The normalized spacial score (nSPS) is 30.0. The highest BCUT2D eigenvalue weighted by molar-refractivity contribution is 6.35. The minimum Gasteiger partial charge on any atom is -0.330 e. The van der Waals surface area contributed by atoms with Crippen LogP contribution in [0.5, 0.6) is 0 Å². The van der Waals surface area contributed by atoms with E-state index in [9.17, 15) is 0 Å². The van der Waals surface area contributed by atoms with Gasteiger partial charge in [0.05, 0.1) is 0 Å². The Bertz CT molecular complexity index is 374. The number of hydrogen-bond acceptors (Lipinski definition) is 1. The third-order valence-electron chi connectivity index (χ3n) is 3.80. The molecule has 1 aromatic rings. The molecule has 2 N–H and O–H groups in total. The fraction of sp³-hybridized carbons (Fsp3) is 0.500. The maximum absolute atomic E-state index is 6.23. The summed E-state index contributed by atoms with van der Waals surface area (Å²) in [5.41, 5.74) is 7.15. The van der Waals surface area contributed by atoms with Crippen molar-refractivity contribution in [3.05, 3.63) is 33.8 Å². The van der Waals surface area contributed by atoms with Gasteiger partial charge < -0.3 is 5.73 Å². The van der Waals surface area contributed by atoms with Crippen molar-refractivity contribution in [1.82, 2.24) is 0 Å². The zero-order valence-corrected chi connectivity index (χ0v) is 10.3. The number of halogens is 2. The van der Waals surface area contributed by atoms with Gasteiger partial charge in [-0.2, -0.15) is 0 Å². The van der Waals surface area contributed by atoms with Crippen molar-refractivity contribution in [3.8, 4) is 0 Å². The minimum atomic E-state index is 0.0850. The van der Waals surface area contributed by atoms with Crippen LogP contribution in [-0.4, -0.2) is 6.54 Å². The molecule has 0 aliphatic heterocycles. The van der Waals surface area contributed by atoms with Gasteiger partial charge in [0, 0.05) is 22.0 Å². The van der Waals surface area contributed by atoms with Crippen LogP contribution in [0.15, 0.2) is 18.2 Å².